The van der Waals surface area contributed by atoms with Gasteiger partial charge in [-0.25, -0.2) is 4.79 Å². The first-order valence-corrected chi connectivity index (χ1v) is 2.90. The summed E-state index contributed by atoms with van der Waals surface area (Å²) < 4.78 is 0. The second-order valence-electron chi connectivity index (χ2n) is 2.18. The van der Waals surface area contributed by atoms with Gasteiger partial charge in [-0.1, -0.05) is 0 Å². The number of aliphatic hydroxyl groups excluding tert-OH is 1. The molecule has 3 N–H and O–H groups in total. The van der Waals surface area contributed by atoms with Gasteiger partial charge in [0.1, 0.15) is 6.04 Å². The lowest BCUT2D eigenvalue weighted by atomic mass is 10.2. The van der Waals surface area contributed by atoms with Gasteiger partial charge in [0, 0.05) is 0 Å². The highest BCUT2D eigenvalue weighted by Gasteiger charge is 2.32. The molecule has 0 unspecified atom stereocenters. The maximum absolute atomic E-state index is 10.7. The van der Waals surface area contributed by atoms with E-state index in [1.807, 2.05) is 5.32 Å². The van der Waals surface area contributed by atoms with Crippen molar-refractivity contribution in [3.63, 3.8) is 0 Å². The number of amides is 3. The van der Waals surface area contributed by atoms with Crippen molar-refractivity contribution in [2.24, 2.45) is 0 Å². The van der Waals surface area contributed by atoms with Crippen LogP contribution >= 0.6 is 0 Å². The molecule has 0 saturated carbocycles. The third-order valence-electron chi connectivity index (χ3n) is 1.29. The first-order valence-electron chi connectivity index (χ1n) is 2.90. The van der Waals surface area contributed by atoms with Crippen molar-refractivity contribution in [2.45, 2.75) is 19.1 Å². The molecule has 5 heteroatoms. The Kier molecular flexibility index (Phi) is 1.58. The van der Waals surface area contributed by atoms with Crippen molar-refractivity contribution in [1.82, 2.24) is 10.6 Å². The molecule has 0 aromatic rings. The summed E-state index contributed by atoms with van der Waals surface area (Å²) in [6, 6.07) is -1.33. The second kappa shape index (κ2) is 2.26. The number of imide groups is 1. The topological polar surface area (TPSA) is 78.4 Å². The average molecular weight is 144 g/mol. The lowest BCUT2D eigenvalue weighted by Crippen LogP contribution is -2.38. The molecule has 1 aliphatic rings. The van der Waals surface area contributed by atoms with Gasteiger partial charge < -0.3 is 10.4 Å². The predicted molar refractivity (Wildman–Crippen MR) is 32.1 cm³/mol. The van der Waals surface area contributed by atoms with E-state index in [2.05, 4.69) is 5.32 Å². The quantitative estimate of drug-likeness (QED) is 0.395. The van der Waals surface area contributed by atoms with Crippen molar-refractivity contribution >= 4 is 11.9 Å². The SMILES string of the molecule is C[C@@H](O)[C@@H]1NC(=O)NC1=O. The molecule has 1 aliphatic heterocycles. The zero-order chi connectivity index (χ0) is 7.72. The fraction of sp³-hybridized carbons (Fsp3) is 0.600. The van der Waals surface area contributed by atoms with E-state index in [4.69, 9.17) is 5.11 Å². The smallest absolute Gasteiger partial charge is 0.322 e. The number of nitrogens with one attached hydrogen (secondary N) is 2. The normalized spacial score (nSPS) is 27.6. The third-order valence-corrected chi connectivity index (χ3v) is 1.29. The largest absolute Gasteiger partial charge is 0.391 e. The van der Waals surface area contributed by atoms with Gasteiger partial charge in [-0.15, -0.1) is 0 Å². The summed E-state index contributed by atoms with van der Waals surface area (Å²) in [5.41, 5.74) is 0. The molecule has 1 fully saturated rings. The Morgan fingerprint density at radius 2 is 2.20 bits per heavy atom. The first-order chi connectivity index (χ1) is 4.61. The average Bonchev–Trinajstić information content (AvgIpc) is 2.10. The minimum atomic E-state index is -0.841. The van der Waals surface area contributed by atoms with Gasteiger partial charge in [-0.2, -0.15) is 0 Å². The van der Waals surface area contributed by atoms with Gasteiger partial charge in [0.25, 0.3) is 5.91 Å². The number of rotatable bonds is 1. The summed E-state index contributed by atoms with van der Waals surface area (Å²) in [6.45, 7) is 1.44. The Labute approximate surface area is 57.4 Å². The lowest BCUT2D eigenvalue weighted by molar-refractivity contribution is -0.122. The van der Waals surface area contributed by atoms with Crippen LogP contribution in [0.3, 0.4) is 0 Å². The number of urea groups is 1. The molecule has 1 saturated heterocycles. The maximum Gasteiger partial charge on any atom is 0.322 e. The van der Waals surface area contributed by atoms with Crippen LogP contribution in [0.1, 0.15) is 6.92 Å². The number of hydrogen-bond acceptors (Lipinski definition) is 3. The van der Waals surface area contributed by atoms with Crippen LogP contribution in [-0.4, -0.2) is 29.2 Å². The number of hydrogen-bond donors (Lipinski definition) is 3. The Bertz CT molecular complexity index is 178. The predicted octanol–water partition coefficient (Wildman–Crippen LogP) is -1.42. The maximum atomic E-state index is 10.7. The minimum Gasteiger partial charge on any atom is -0.391 e. The van der Waals surface area contributed by atoms with E-state index < -0.39 is 24.1 Å². The van der Waals surface area contributed by atoms with E-state index in [9.17, 15) is 9.59 Å². The van der Waals surface area contributed by atoms with Gasteiger partial charge in [0.05, 0.1) is 6.10 Å². The monoisotopic (exact) mass is 144 g/mol. The highest BCUT2D eigenvalue weighted by molar-refractivity contribution is 6.04. The second-order valence-corrected chi connectivity index (χ2v) is 2.18. The minimum absolute atomic E-state index is 0.472. The molecule has 3 amide bonds. The highest BCUT2D eigenvalue weighted by Crippen LogP contribution is 1.97. The van der Waals surface area contributed by atoms with Crippen LogP contribution in [0.5, 0.6) is 0 Å². The fourth-order valence-corrected chi connectivity index (χ4v) is 0.772. The van der Waals surface area contributed by atoms with Crippen molar-refractivity contribution in [3.05, 3.63) is 0 Å². The van der Waals surface area contributed by atoms with Gasteiger partial charge in [0.15, 0.2) is 0 Å². The number of carbonyl (C=O) groups excluding carboxylic acids is 2. The lowest BCUT2D eigenvalue weighted by Gasteiger charge is -2.08. The molecule has 56 valence electrons. The van der Waals surface area contributed by atoms with E-state index in [1.54, 1.807) is 0 Å². The van der Waals surface area contributed by atoms with E-state index in [-0.39, 0.29) is 0 Å². The van der Waals surface area contributed by atoms with Gasteiger partial charge in [0.2, 0.25) is 0 Å². The fourth-order valence-electron chi connectivity index (χ4n) is 0.772. The van der Waals surface area contributed by atoms with Crippen molar-refractivity contribution in [1.29, 1.82) is 0 Å². The van der Waals surface area contributed by atoms with Crippen LogP contribution < -0.4 is 10.6 Å². The molecule has 0 aromatic heterocycles. The molecule has 0 radical (unpaired) electrons. The first kappa shape index (κ1) is 7.01. The van der Waals surface area contributed by atoms with E-state index in [1.165, 1.54) is 6.92 Å². The number of aliphatic hydroxyl groups is 1. The summed E-state index contributed by atoms with van der Waals surface area (Å²) >= 11 is 0. The third kappa shape index (κ3) is 1.08. The Morgan fingerprint density at radius 1 is 1.60 bits per heavy atom. The van der Waals surface area contributed by atoms with Gasteiger partial charge >= 0.3 is 6.03 Å². The summed E-state index contributed by atoms with van der Waals surface area (Å²) in [7, 11) is 0. The van der Waals surface area contributed by atoms with E-state index in [0.29, 0.717) is 0 Å². The molecule has 0 bridgehead atoms. The molecular formula is C5H8N2O3. The van der Waals surface area contributed by atoms with E-state index >= 15 is 0 Å². The zero-order valence-electron chi connectivity index (χ0n) is 5.42. The summed E-state index contributed by atoms with van der Waals surface area (Å²) in [4.78, 5) is 21.1. The molecule has 5 nitrogen and oxygen atoms in total. The Hall–Kier alpha value is -1.10. The van der Waals surface area contributed by atoms with Crippen LogP contribution in [0, 0.1) is 0 Å². The molecule has 0 aromatic carbocycles. The summed E-state index contributed by atoms with van der Waals surface area (Å²) in [5.74, 6) is -0.472. The van der Waals surface area contributed by atoms with Crippen LogP contribution in [0.4, 0.5) is 4.79 Å². The van der Waals surface area contributed by atoms with Crippen molar-refractivity contribution < 1.29 is 14.7 Å². The number of carbonyl (C=O) groups is 2. The van der Waals surface area contributed by atoms with Crippen LogP contribution in [0.2, 0.25) is 0 Å². The standard InChI is InChI=1S/C5H8N2O3/c1-2(8)3-4(9)7-5(10)6-3/h2-3,8H,1H3,(H2,6,7,9,10)/t2-,3+/m1/s1. The molecule has 1 heterocycles. The van der Waals surface area contributed by atoms with Crippen LogP contribution in [0.15, 0.2) is 0 Å². The molecular weight excluding hydrogens is 136 g/mol. The molecule has 1 rings (SSSR count). The Morgan fingerprint density at radius 3 is 2.40 bits per heavy atom. The van der Waals surface area contributed by atoms with Crippen molar-refractivity contribution in [3.8, 4) is 0 Å². The zero-order valence-corrected chi connectivity index (χ0v) is 5.42. The summed E-state index contributed by atoms with van der Waals surface area (Å²) in [5, 5.41) is 13.1. The van der Waals surface area contributed by atoms with Gasteiger partial charge in [-0.05, 0) is 6.92 Å². The van der Waals surface area contributed by atoms with Gasteiger partial charge in [-0.3, -0.25) is 10.1 Å². The molecule has 0 spiro atoms. The molecule has 10 heavy (non-hydrogen) atoms. The summed E-state index contributed by atoms with van der Waals surface area (Å²) in [6.07, 6.45) is -0.841. The van der Waals surface area contributed by atoms with Crippen LogP contribution in [0.25, 0.3) is 0 Å². The van der Waals surface area contributed by atoms with E-state index in [0.717, 1.165) is 0 Å². The molecule has 0 aliphatic carbocycles. The Balaban J connectivity index is 2.63. The molecule has 2 atom stereocenters. The van der Waals surface area contributed by atoms with Crippen LogP contribution in [-0.2, 0) is 4.79 Å². The highest BCUT2D eigenvalue weighted by atomic mass is 16.3. The van der Waals surface area contributed by atoms with Crippen molar-refractivity contribution in [2.75, 3.05) is 0 Å².